The molecule has 0 N–H and O–H groups in total. The van der Waals surface area contributed by atoms with Crippen molar-refractivity contribution in [3.05, 3.63) is 35.6 Å². The number of rotatable bonds is 1. The average Bonchev–Trinajstić information content (AvgIpc) is 2.68. The van der Waals surface area contributed by atoms with Crippen LogP contribution >= 0.6 is 0 Å². The fourth-order valence-electron chi connectivity index (χ4n) is 0.894. The van der Waals surface area contributed by atoms with Gasteiger partial charge in [0, 0.05) is 0 Å². The summed E-state index contributed by atoms with van der Waals surface area (Å²) in [4.78, 5) is 0. The van der Waals surface area contributed by atoms with Crippen molar-refractivity contribution in [3.63, 3.8) is 0 Å². The first-order valence-corrected chi connectivity index (χ1v) is 3.13. The highest BCUT2D eigenvalue weighted by molar-refractivity contribution is 5.47. The zero-order valence-electron chi connectivity index (χ0n) is 5.26. The topological polar surface area (TPSA) is 0 Å². The van der Waals surface area contributed by atoms with Gasteiger partial charge in [-0.25, -0.2) is 4.39 Å². The van der Waals surface area contributed by atoms with Crippen molar-refractivity contribution in [2.24, 2.45) is 0 Å². The lowest BCUT2D eigenvalue weighted by Crippen LogP contribution is -1.82. The summed E-state index contributed by atoms with van der Waals surface area (Å²) in [7, 11) is 0. The van der Waals surface area contributed by atoms with Gasteiger partial charge >= 0.3 is 0 Å². The van der Waals surface area contributed by atoms with Crippen molar-refractivity contribution in [2.45, 2.75) is 5.92 Å². The molecular weight excluding hydrogens is 127 g/mol. The van der Waals surface area contributed by atoms with Gasteiger partial charge in [0.1, 0.15) is 11.7 Å². The van der Waals surface area contributed by atoms with E-state index < -0.39 is 0 Å². The van der Waals surface area contributed by atoms with Gasteiger partial charge in [-0.05, 0) is 17.7 Å². The summed E-state index contributed by atoms with van der Waals surface area (Å²) < 4.78 is 12.5. The highest BCUT2D eigenvalue weighted by Crippen LogP contribution is 2.21. The molecule has 0 bridgehead atoms. The maximum Gasteiger partial charge on any atom is 0.123 e. The van der Waals surface area contributed by atoms with Gasteiger partial charge in [0.2, 0.25) is 0 Å². The molecule has 0 aliphatic heterocycles. The van der Waals surface area contributed by atoms with Crippen molar-refractivity contribution in [2.75, 3.05) is 0 Å². The molecule has 0 fully saturated rings. The smallest absolute Gasteiger partial charge is 0.123 e. The Morgan fingerprint density at radius 2 is 2.10 bits per heavy atom. The Bertz CT molecular complexity index is 309. The van der Waals surface area contributed by atoms with Gasteiger partial charge in [0.15, 0.2) is 0 Å². The lowest BCUT2D eigenvalue weighted by atomic mass is 10.1. The van der Waals surface area contributed by atoms with Crippen LogP contribution in [0.1, 0.15) is 11.5 Å². The number of benzene rings is 1. The molecule has 2 rings (SSSR count). The van der Waals surface area contributed by atoms with E-state index in [4.69, 9.17) is 0 Å². The van der Waals surface area contributed by atoms with Crippen LogP contribution in [0.3, 0.4) is 0 Å². The van der Waals surface area contributed by atoms with Gasteiger partial charge in [-0.1, -0.05) is 24.0 Å². The second kappa shape index (κ2) is 1.85. The van der Waals surface area contributed by atoms with E-state index in [0.717, 1.165) is 5.56 Å². The Labute approximate surface area is 58.7 Å². The van der Waals surface area contributed by atoms with Crippen LogP contribution in [-0.2, 0) is 0 Å². The van der Waals surface area contributed by atoms with E-state index in [1.807, 2.05) is 6.07 Å². The van der Waals surface area contributed by atoms with Gasteiger partial charge in [0.05, 0.1) is 0 Å². The standard InChI is InChI=1S/C9H5F/c10-9-3-1-2-8(6-9)7-4-5-7/h1-3,6-7H. The van der Waals surface area contributed by atoms with Gasteiger partial charge in [-0.2, -0.15) is 0 Å². The van der Waals surface area contributed by atoms with E-state index in [1.54, 1.807) is 6.07 Å². The molecular formula is C9H5F. The monoisotopic (exact) mass is 132 g/mol. The lowest BCUT2D eigenvalue weighted by Gasteiger charge is -1.94. The molecule has 0 nitrogen and oxygen atoms in total. The zero-order chi connectivity index (χ0) is 6.97. The second-order valence-corrected chi connectivity index (χ2v) is 2.28. The molecule has 0 unspecified atom stereocenters. The molecule has 1 heteroatoms. The minimum absolute atomic E-state index is 0.163. The van der Waals surface area contributed by atoms with E-state index in [1.165, 1.54) is 12.1 Å². The van der Waals surface area contributed by atoms with Crippen LogP contribution in [0.15, 0.2) is 24.3 Å². The van der Waals surface area contributed by atoms with Crippen LogP contribution in [-0.4, -0.2) is 0 Å². The molecule has 0 amide bonds. The van der Waals surface area contributed by atoms with E-state index >= 15 is 0 Å². The lowest BCUT2D eigenvalue weighted by molar-refractivity contribution is 0.626. The Hall–Kier alpha value is -1.29. The molecule has 0 atom stereocenters. The molecule has 1 aliphatic carbocycles. The van der Waals surface area contributed by atoms with Gasteiger partial charge in [0.25, 0.3) is 0 Å². The first-order chi connectivity index (χ1) is 4.86. The van der Waals surface area contributed by atoms with E-state index in [2.05, 4.69) is 11.8 Å². The van der Waals surface area contributed by atoms with Crippen molar-refractivity contribution in [1.82, 2.24) is 0 Å². The SMILES string of the molecule is Fc1cccc(C2C#C2)c1. The fourth-order valence-corrected chi connectivity index (χ4v) is 0.894. The molecule has 1 aromatic carbocycles. The first-order valence-electron chi connectivity index (χ1n) is 3.13. The van der Waals surface area contributed by atoms with Crippen LogP contribution < -0.4 is 0 Å². The van der Waals surface area contributed by atoms with Crippen LogP contribution in [0, 0.1) is 17.7 Å². The molecule has 1 aromatic rings. The van der Waals surface area contributed by atoms with Crippen LogP contribution in [0.2, 0.25) is 0 Å². The quantitative estimate of drug-likeness (QED) is 0.512. The highest BCUT2D eigenvalue weighted by atomic mass is 19.1. The van der Waals surface area contributed by atoms with Gasteiger partial charge < -0.3 is 0 Å². The zero-order valence-corrected chi connectivity index (χ0v) is 5.26. The number of hydrogen-bond donors (Lipinski definition) is 0. The van der Waals surface area contributed by atoms with Gasteiger partial charge in [-0.15, -0.1) is 0 Å². The van der Waals surface area contributed by atoms with Crippen LogP contribution in [0.4, 0.5) is 4.39 Å². The highest BCUT2D eigenvalue weighted by Gasteiger charge is 2.12. The summed E-state index contributed by atoms with van der Waals surface area (Å²) >= 11 is 0. The minimum Gasteiger partial charge on any atom is -0.207 e. The molecule has 0 aromatic heterocycles. The van der Waals surface area contributed by atoms with E-state index in [9.17, 15) is 4.39 Å². The predicted molar refractivity (Wildman–Crippen MR) is 36.9 cm³/mol. The molecule has 1 aliphatic rings. The summed E-state index contributed by atoms with van der Waals surface area (Å²) in [5.74, 6) is 5.70. The van der Waals surface area contributed by atoms with E-state index in [-0.39, 0.29) is 11.7 Å². The minimum atomic E-state index is -0.187. The Balaban J connectivity index is 2.33. The summed E-state index contributed by atoms with van der Waals surface area (Å²) in [6.45, 7) is 0. The summed E-state index contributed by atoms with van der Waals surface area (Å²) in [6.07, 6.45) is 0. The fraction of sp³-hybridized carbons (Fsp3) is 0.111. The summed E-state index contributed by atoms with van der Waals surface area (Å²) in [6, 6.07) is 6.52. The summed E-state index contributed by atoms with van der Waals surface area (Å²) in [5, 5.41) is 0. The molecule has 0 spiro atoms. The van der Waals surface area contributed by atoms with Crippen molar-refractivity contribution in [1.29, 1.82) is 0 Å². The molecule has 10 heavy (non-hydrogen) atoms. The Morgan fingerprint density at radius 3 is 2.70 bits per heavy atom. The van der Waals surface area contributed by atoms with Crippen molar-refractivity contribution < 1.29 is 4.39 Å². The Kier molecular flexibility index (Phi) is 1.01. The maximum atomic E-state index is 12.5. The number of halogens is 1. The predicted octanol–water partition coefficient (Wildman–Crippen LogP) is 1.93. The average molecular weight is 132 g/mol. The number of hydrogen-bond acceptors (Lipinski definition) is 0. The second-order valence-electron chi connectivity index (χ2n) is 2.28. The molecule has 48 valence electrons. The third-order valence-corrected chi connectivity index (χ3v) is 1.47. The summed E-state index contributed by atoms with van der Waals surface area (Å²) in [5.41, 5.74) is 0.944. The normalized spacial score (nSPS) is 14.1. The van der Waals surface area contributed by atoms with Crippen molar-refractivity contribution >= 4 is 0 Å². The largest absolute Gasteiger partial charge is 0.207 e. The van der Waals surface area contributed by atoms with Crippen LogP contribution in [0.25, 0.3) is 0 Å². The Morgan fingerprint density at radius 1 is 1.30 bits per heavy atom. The van der Waals surface area contributed by atoms with E-state index in [0.29, 0.717) is 0 Å². The molecule has 0 saturated heterocycles. The molecule has 0 heterocycles. The maximum absolute atomic E-state index is 12.5. The molecule has 0 radical (unpaired) electrons. The van der Waals surface area contributed by atoms with Gasteiger partial charge in [-0.3, -0.25) is 0 Å². The first kappa shape index (κ1) is 5.49. The third-order valence-electron chi connectivity index (χ3n) is 1.47. The van der Waals surface area contributed by atoms with Crippen LogP contribution in [0.5, 0.6) is 0 Å². The molecule has 0 saturated carbocycles. The van der Waals surface area contributed by atoms with Crippen molar-refractivity contribution in [3.8, 4) is 11.8 Å². The third kappa shape index (κ3) is 0.886.